The summed E-state index contributed by atoms with van der Waals surface area (Å²) in [6.45, 7) is 6.28. The van der Waals surface area contributed by atoms with Crippen molar-refractivity contribution in [2.45, 2.75) is 19.8 Å². The molecule has 2 saturated heterocycles. The molecule has 0 aliphatic carbocycles. The first-order chi connectivity index (χ1) is 14.0. The van der Waals surface area contributed by atoms with Crippen LogP contribution in [0.1, 0.15) is 18.5 Å². The van der Waals surface area contributed by atoms with Crippen LogP contribution < -0.4 is 4.90 Å². The average Bonchev–Trinajstić information content (AvgIpc) is 3.14. The van der Waals surface area contributed by atoms with Gasteiger partial charge in [-0.3, -0.25) is 0 Å². The van der Waals surface area contributed by atoms with Gasteiger partial charge in [-0.1, -0.05) is 0 Å². The van der Waals surface area contributed by atoms with Crippen LogP contribution in [0.15, 0.2) is 36.9 Å². The second kappa shape index (κ2) is 6.81. The van der Waals surface area contributed by atoms with E-state index in [1.165, 1.54) is 25.9 Å². The molecule has 0 radical (unpaired) electrons. The highest BCUT2D eigenvalue weighted by Gasteiger charge is 2.45. The summed E-state index contributed by atoms with van der Waals surface area (Å²) in [5, 5.41) is 19.1. The van der Waals surface area contributed by atoms with Crippen LogP contribution >= 0.6 is 0 Å². The molecule has 150 valence electrons. The predicted molar refractivity (Wildman–Crippen MR) is 110 cm³/mol. The lowest BCUT2D eigenvalue weighted by Gasteiger charge is -2.53. The fraction of sp³-hybridized carbons (Fsp3) is 0.429. The molecule has 1 spiro atoms. The lowest BCUT2D eigenvalue weighted by molar-refractivity contribution is 0.0893. The number of anilines is 1. The summed E-state index contributed by atoms with van der Waals surface area (Å²) in [4.78, 5) is 13.3. The van der Waals surface area contributed by atoms with Crippen LogP contribution in [0.4, 0.5) is 5.95 Å². The van der Waals surface area contributed by atoms with Crippen LogP contribution in [0.2, 0.25) is 0 Å². The van der Waals surface area contributed by atoms with Gasteiger partial charge in [0.1, 0.15) is 11.4 Å². The topological polar surface area (TPSA) is 83.2 Å². The zero-order chi connectivity index (χ0) is 20.0. The first-order valence-corrected chi connectivity index (χ1v) is 9.99. The minimum absolute atomic E-state index is 0.145. The van der Waals surface area contributed by atoms with Gasteiger partial charge in [-0.25, -0.2) is 9.97 Å². The Morgan fingerprint density at radius 2 is 1.86 bits per heavy atom. The molecule has 0 saturated carbocycles. The van der Waals surface area contributed by atoms with Gasteiger partial charge in [-0.05, 0) is 52.0 Å². The third-order valence-corrected chi connectivity index (χ3v) is 6.20. The molecule has 3 aromatic rings. The molecule has 8 nitrogen and oxygen atoms in total. The van der Waals surface area contributed by atoms with E-state index in [0.717, 1.165) is 24.5 Å². The molecule has 0 atom stereocenters. The van der Waals surface area contributed by atoms with E-state index in [0.29, 0.717) is 22.6 Å². The van der Waals surface area contributed by atoms with Crippen molar-refractivity contribution < 1.29 is 5.11 Å². The van der Waals surface area contributed by atoms with E-state index in [2.05, 4.69) is 37.0 Å². The predicted octanol–water partition coefficient (Wildman–Crippen LogP) is 2.27. The first kappa shape index (κ1) is 18.1. The van der Waals surface area contributed by atoms with Crippen LogP contribution in [0.25, 0.3) is 16.9 Å². The van der Waals surface area contributed by atoms with Gasteiger partial charge in [0.25, 0.3) is 0 Å². The Bertz CT molecular complexity index is 1010. The summed E-state index contributed by atoms with van der Waals surface area (Å²) in [5.74, 6) is 0.815. The molecule has 1 aromatic carbocycles. The number of benzene rings is 1. The van der Waals surface area contributed by atoms with Crippen LogP contribution in [0, 0.1) is 12.3 Å². The zero-order valence-electron chi connectivity index (χ0n) is 16.8. The highest BCUT2D eigenvalue weighted by Crippen LogP contribution is 2.41. The van der Waals surface area contributed by atoms with E-state index in [4.69, 9.17) is 0 Å². The van der Waals surface area contributed by atoms with E-state index >= 15 is 0 Å². The molecule has 5 rings (SSSR count). The van der Waals surface area contributed by atoms with E-state index in [1.807, 2.05) is 29.8 Å². The summed E-state index contributed by atoms with van der Waals surface area (Å²) in [5.41, 5.74) is 3.37. The smallest absolute Gasteiger partial charge is 0.245 e. The maximum atomic E-state index is 10.5. The average molecular weight is 391 g/mol. The summed E-state index contributed by atoms with van der Waals surface area (Å²) >= 11 is 0. The molecule has 2 aliphatic rings. The molecule has 0 amide bonds. The van der Waals surface area contributed by atoms with Crippen LogP contribution in [0.5, 0.6) is 5.75 Å². The number of aromatic hydroxyl groups is 1. The number of imidazole rings is 1. The van der Waals surface area contributed by atoms with Crippen molar-refractivity contribution in [1.29, 1.82) is 0 Å². The number of likely N-dealkylation sites (tertiary alicyclic amines) is 1. The molecule has 0 bridgehead atoms. The fourth-order valence-corrected chi connectivity index (χ4v) is 4.31. The van der Waals surface area contributed by atoms with Gasteiger partial charge in [-0.2, -0.15) is 0 Å². The lowest BCUT2D eigenvalue weighted by Crippen LogP contribution is -2.60. The van der Waals surface area contributed by atoms with Gasteiger partial charge >= 0.3 is 0 Å². The minimum Gasteiger partial charge on any atom is -0.507 e. The van der Waals surface area contributed by atoms with Gasteiger partial charge in [-0.15, -0.1) is 10.2 Å². The van der Waals surface area contributed by atoms with Gasteiger partial charge in [0.15, 0.2) is 0 Å². The van der Waals surface area contributed by atoms with Crippen molar-refractivity contribution in [3.8, 4) is 22.7 Å². The monoisotopic (exact) mass is 391 g/mol. The molecular weight excluding hydrogens is 366 g/mol. The summed E-state index contributed by atoms with van der Waals surface area (Å²) in [6, 6.07) is 5.46. The van der Waals surface area contributed by atoms with Gasteiger partial charge < -0.3 is 19.5 Å². The number of rotatable bonds is 3. The van der Waals surface area contributed by atoms with E-state index in [1.54, 1.807) is 18.6 Å². The Morgan fingerprint density at radius 3 is 2.48 bits per heavy atom. The quantitative estimate of drug-likeness (QED) is 0.733. The minimum atomic E-state index is 0.145. The number of phenolic OH excluding ortho intramolecular Hbond substituents is 1. The standard InChI is InChI=1S/C21H25N7O/c1-15-11-27(14-23-15)16-3-4-17(19(29)9-16)18-10-22-20(25-24-18)28-12-21(13-28)5-7-26(2)8-6-21/h3-4,9-11,14,29H,5-8,12-13H2,1-2H3. The van der Waals surface area contributed by atoms with Crippen molar-refractivity contribution in [1.82, 2.24) is 29.6 Å². The second-order valence-corrected chi connectivity index (χ2v) is 8.43. The van der Waals surface area contributed by atoms with Crippen molar-refractivity contribution in [3.05, 3.63) is 42.6 Å². The summed E-state index contributed by atoms with van der Waals surface area (Å²) in [6.07, 6.45) is 7.81. The first-order valence-electron chi connectivity index (χ1n) is 9.99. The van der Waals surface area contributed by atoms with E-state index < -0.39 is 0 Å². The van der Waals surface area contributed by atoms with Crippen LogP contribution in [-0.4, -0.2) is 68.0 Å². The molecule has 4 heterocycles. The van der Waals surface area contributed by atoms with E-state index in [9.17, 15) is 5.11 Å². The second-order valence-electron chi connectivity index (χ2n) is 8.43. The largest absolute Gasteiger partial charge is 0.507 e. The molecule has 0 unspecified atom stereocenters. The summed E-state index contributed by atoms with van der Waals surface area (Å²) < 4.78 is 1.87. The molecule has 29 heavy (non-hydrogen) atoms. The van der Waals surface area contributed by atoms with Crippen molar-refractivity contribution in [3.63, 3.8) is 0 Å². The normalized spacial score (nSPS) is 18.8. The van der Waals surface area contributed by atoms with Crippen LogP contribution in [0.3, 0.4) is 0 Å². The SMILES string of the molecule is Cc1cn(-c2ccc(-c3cnc(N4CC5(CCN(C)CC5)C4)nn3)c(O)c2)cn1. The Morgan fingerprint density at radius 1 is 1.07 bits per heavy atom. The van der Waals surface area contributed by atoms with E-state index in [-0.39, 0.29) is 5.75 Å². The number of hydrogen-bond donors (Lipinski definition) is 1. The number of aryl methyl sites for hydroxylation is 1. The van der Waals surface area contributed by atoms with Gasteiger partial charge in [0, 0.05) is 36.3 Å². The molecule has 2 fully saturated rings. The van der Waals surface area contributed by atoms with Gasteiger partial charge in [0.05, 0.1) is 23.9 Å². The number of nitrogens with zero attached hydrogens (tertiary/aromatic N) is 7. The van der Waals surface area contributed by atoms with Crippen LogP contribution in [-0.2, 0) is 0 Å². The number of aromatic nitrogens is 5. The maximum absolute atomic E-state index is 10.5. The Kier molecular flexibility index (Phi) is 4.24. The molecular formula is C21H25N7O. The third kappa shape index (κ3) is 3.33. The summed E-state index contributed by atoms with van der Waals surface area (Å²) in [7, 11) is 2.19. The Balaban J connectivity index is 1.30. The number of piperidine rings is 1. The zero-order valence-corrected chi connectivity index (χ0v) is 16.8. The number of phenols is 1. The fourth-order valence-electron chi connectivity index (χ4n) is 4.31. The highest BCUT2D eigenvalue weighted by molar-refractivity contribution is 5.68. The molecule has 2 aromatic heterocycles. The Hall–Kier alpha value is -3.00. The number of hydrogen-bond acceptors (Lipinski definition) is 7. The van der Waals surface area contributed by atoms with Gasteiger partial charge in [0.2, 0.25) is 5.95 Å². The molecule has 1 N–H and O–H groups in total. The third-order valence-electron chi connectivity index (χ3n) is 6.20. The Labute approximate surface area is 169 Å². The lowest BCUT2D eigenvalue weighted by atomic mass is 9.72. The van der Waals surface area contributed by atoms with Crippen molar-refractivity contribution in [2.75, 3.05) is 38.1 Å². The van der Waals surface area contributed by atoms with Crippen molar-refractivity contribution >= 4 is 5.95 Å². The maximum Gasteiger partial charge on any atom is 0.245 e. The molecule has 8 heteroatoms. The highest BCUT2D eigenvalue weighted by atomic mass is 16.3. The molecule has 2 aliphatic heterocycles. The van der Waals surface area contributed by atoms with Crippen molar-refractivity contribution in [2.24, 2.45) is 5.41 Å².